The fraction of sp³-hybridized carbons (Fsp3) is 0.273. The number of rotatable bonds is 4. The Kier molecular flexibility index (Phi) is 4.62. The standard InChI is InChI=1S/C11H11F3N4/c12-11(13,14)10-7-9(15)5-4-8(10)3-1-2-6-17-18-16/h1,3-5,7H,2,6,15H2. The number of anilines is 1. The van der Waals surface area contributed by atoms with E-state index in [0.717, 1.165) is 6.07 Å². The van der Waals surface area contributed by atoms with Gasteiger partial charge in [0, 0.05) is 17.1 Å². The molecule has 0 aromatic heterocycles. The van der Waals surface area contributed by atoms with Gasteiger partial charge in [0.05, 0.1) is 5.56 Å². The van der Waals surface area contributed by atoms with E-state index in [1.807, 2.05) is 0 Å². The predicted octanol–water partition coefficient (Wildman–Crippen LogP) is 4.00. The van der Waals surface area contributed by atoms with Crippen molar-refractivity contribution in [2.45, 2.75) is 12.6 Å². The molecule has 7 heteroatoms. The Morgan fingerprint density at radius 1 is 1.39 bits per heavy atom. The molecule has 0 radical (unpaired) electrons. The van der Waals surface area contributed by atoms with Crippen molar-refractivity contribution < 1.29 is 13.2 Å². The summed E-state index contributed by atoms with van der Waals surface area (Å²) < 4.78 is 38.1. The first-order valence-corrected chi connectivity index (χ1v) is 5.09. The molecule has 0 aliphatic carbocycles. The molecule has 0 heterocycles. The molecule has 0 aliphatic rings. The molecular weight excluding hydrogens is 245 g/mol. The monoisotopic (exact) mass is 256 g/mol. The van der Waals surface area contributed by atoms with Gasteiger partial charge in [-0.1, -0.05) is 23.3 Å². The number of hydrogen-bond acceptors (Lipinski definition) is 2. The third-order valence-electron chi connectivity index (χ3n) is 2.14. The van der Waals surface area contributed by atoms with Crippen LogP contribution in [0.4, 0.5) is 18.9 Å². The summed E-state index contributed by atoms with van der Waals surface area (Å²) in [7, 11) is 0. The van der Waals surface area contributed by atoms with Crippen LogP contribution in [0.1, 0.15) is 17.5 Å². The number of benzene rings is 1. The zero-order chi connectivity index (χ0) is 13.6. The van der Waals surface area contributed by atoms with E-state index in [-0.39, 0.29) is 17.8 Å². The van der Waals surface area contributed by atoms with Gasteiger partial charge in [0.25, 0.3) is 0 Å². The van der Waals surface area contributed by atoms with Crippen LogP contribution in [-0.2, 0) is 6.18 Å². The topological polar surface area (TPSA) is 74.8 Å². The first-order valence-electron chi connectivity index (χ1n) is 5.09. The van der Waals surface area contributed by atoms with Crippen LogP contribution < -0.4 is 5.73 Å². The lowest BCUT2D eigenvalue weighted by Crippen LogP contribution is -2.08. The summed E-state index contributed by atoms with van der Waals surface area (Å²) in [6, 6.07) is 3.61. The zero-order valence-electron chi connectivity index (χ0n) is 9.35. The molecule has 96 valence electrons. The van der Waals surface area contributed by atoms with Gasteiger partial charge in [0.15, 0.2) is 0 Å². The number of halogens is 3. The van der Waals surface area contributed by atoms with Gasteiger partial charge in [0.2, 0.25) is 0 Å². The van der Waals surface area contributed by atoms with E-state index >= 15 is 0 Å². The molecule has 0 saturated heterocycles. The highest BCUT2D eigenvalue weighted by molar-refractivity contribution is 5.59. The van der Waals surface area contributed by atoms with E-state index in [9.17, 15) is 13.2 Å². The number of azide groups is 1. The molecule has 1 rings (SSSR count). The quantitative estimate of drug-likeness (QED) is 0.285. The van der Waals surface area contributed by atoms with Crippen molar-refractivity contribution in [1.82, 2.24) is 0 Å². The summed E-state index contributed by atoms with van der Waals surface area (Å²) in [5, 5.41) is 3.28. The normalized spacial score (nSPS) is 11.5. The lowest BCUT2D eigenvalue weighted by molar-refractivity contribution is -0.137. The van der Waals surface area contributed by atoms with Gasteiger partial charge >= 0.3 is 6.18 Å². The van der Waals surface area contributed by atoms with Gasteiger partial charge in [-0.25, -0.2) is 0 Å². The average molecular weight is 256 g/mol. The van der Waals surface area contributed by atoms with Gasteiger partial charge in [-0.15, -0.1) is 0 Å². The van der Waals surface area contributed by atoms with Crippen molar-refractivity contribution in [1.29, 1.82) is 0 Å². The molecule has 0 saturated carbocycles. The molecule has 0 unspecified atom stereocenters. The van der Waals surface area contributed by atoms with Gasteiger partial charge in [0.1, 0.15) is 0 Å². The number of alkyl halides is 3. The van der Waals surface area contributed by atoms with Gasteiger partial charge in [-0.3, -0.25) is 0 Å². The molecule has 2 N–H and O–H groups in total. The maximum atomic E-state index is 12.7. The summed E-state index contributed by atoms with van der Waals surface area (Å²) in [4.78, 5) is 2.54. The molecule has 0 aliphatic heterocycles. The van der Waals surface area contributed by atoms with Crippen molar-refractivity contribution >= 4 is 11.8 Å². The molecule has 4 nitrogen and oxygen atoms in total. The summed E-state index contributed by atoms with van der Waals surface area (Å²) in [6.07, 6.45) is -1.20. The van der Waals surface area contributed by atoms with Crippen LogP contribution in [0.2, 0.25) is 0 Å². The molecule has 0 amide bonds. The van der Waals surface area contributed by atoms with Crippen LogP contribution in [0.15, 0.2) is 29.4 Å². The molecular formula is C11H11F3N4. The van der Waals surface area contributed by atoms with Gasteiger partial charge in [-0.2, -0.15) is 13.2 Å². The molecule has 0 fully saturated rings. The molecule has 1 aromatic carbocycles. The second kappa shape index (κ2) is 5.97. The number of nitrogens with zero attached hydrogens (tertiary/aromatic N) is 3. The Morgan fingerprint density at radius 3 is 2.72 bits per heavy atom. The minimum atomic E-state index is -4.44. The second-order valence-electron chi connectivity index (χ2n) is 3.49. The minimum Gasteiger partial charge on any atom is -0.399 e. The molecule has 0 spiro atoms. The van der Waals surface area contributed by atoms with Gasteiger partial charge < -0.3 is 5.73 Å². The van der Waals surface area contributed by atoms with Crippen LogP contribution in [-0.4, -0.2) is 6.54 Å². The summed E-state index contributed by atoms with van der Waals surface area (Å²) in [5.41, 5.74) is 12.7. The highest BCUT2D eigenvalue weighted by Crippen LogP contribution is 2.33. The van der Waals surface area contributed by atoms with E-state index in [0.29, 0.717) is 6.42 Å². The maximum absolute atomic E-state index is 12.7. The Morgan fingerprint density at radius 2 is 2.11 bits per heavy atom. The Balaban J connectivity index is 2.91. The fourth-order valence-corrected chi connectivity index (χ4v) is 1.35. The van der Waals surface area contributed by atoms with Crippen molar-refractivity contribution in [3.8, 4) is 0 Å². The number of nitrogens with two attached hydrogens (primary N) is 1. The highest BCUT2D eigenvalue weighted by Gasteiger charge is 2.32. The van der Waals surface area contributed by atoms with Crippen molar-refractivity contribution in [2.24, 2.45) is 5.11 Å². The highest BCUT2D eigenvalue weighted by atomic mass is 19.4. The van der Waals surface area contributed by atoms with E-state index in [2.05, 4.69) is 10.0 Å². The Bertz CT molecular complexity index is 488. The number of nitrogen functional groups attached to an aromatic ring is 1. The second-order valence-corrected chi connectivity index (χ2v) is 3.49. The largest absolute Gasteiger partial charge is 0.417 e. The third kappa shape index (κ3) is 4.03. The summed E-state index contributed by atoms with van der Waals surface area (Å²) in [5.74, 6) is 0. The Hall–Kier alpha value is -2.14. The lowest BCUT2D eigenvalue weighted by atomic mass is 10.1. The smallest absolute Gasteiger partial charge is 0.399 e. The zero-order valence-corrected chi connectivity index (χ0v) is 9.35. The van der Waals surface area contributed by atoms with Crippen molar-refractivity contribution in [3.63, 3.8) is 0 Å². The molecule has 18 heavy (non-hydrogen) atoms. The predicted molar refractivity (Wildman–Crippen MR) is 63.5 cm³/mol. The van der Waals surface area contributed by atoms with Gasteiger partial charge in [-0.05, 0) is 29.6 Å². The SMILES string of the molecule is [N-]=[N+]=NCCC=Cc1ccc(N)cc1C(F)(F)F. The van der Waals surface area contributed by atoms with E-state index in [1.54, 1.807) is 0 Å². The van der Waals surface area contributed by atoms with Crippen molar-refractivity contribution in [3.05, 3.63) is 45.8 Å². The van der Waals surface area contributed by atoms with Crippen molar-refractivity contribution in [2.75, 3.05) is 12.3 Å². The van der Waals surface area contributed by atoms with Crippen LogP contribution >= 0.6 is 0 Å². The summed E-state index contributed by atoms with van der Waals surface area (Å²) >= 11 is 0. The molecule has 0 atom stereocenters. The van der Waals surface area contributed by atoms with Crippen LogP contribution in [0, 0.1) is 0 Å². The maximum Gasteiger partial charge on any atom is 0.417 e. The number of hydrogen-bond donors (Lipinski definition) is 1. The van der Waals surface area contributed by atoms with E-state index in [4.69, 9.17) is 11.3 Å². The minimum absolute atomic E-state index is 0.0395. The van der Waals surface area contributed by atoms with E-state index < -0.39 is 11.7 Å². The molecule has 0 bridgehead atoms. The van der Waals surface area contributed by atoms with Crippen LogP contribution in [0.25, 0.3) is 16.5 Å². The first kappa shape index (κ1) is 13.9. The molecule has 1 aromatic rings. The lowest BCUT2D eigenvalue weighted by Gasteiger charge is -2.10. The summed E-state index contributed by atoms with van der Waals surface area (Å²) in [6.45, 7) is 0.212. The third-order valence-corrected chi connectivity index (χ3v) is 2.14. The average Bonchev–Trinajstić information content (AvgIpc) is 2.29. The van der Waals surface area contributed by atoms with Crippen LogP contribution in [0.3, 0.4) is 0 Å². The van der Waals surface area contributed by atoms with Crippen LogP contribution in [0.5, 0.6) is 0 Å². The fourth-order valence-electron chi connectivity index (χ4n) is 1.35. The first-order chi connectivity index (χ1) is 8.45. The van der Waals surface area contributed by atoms with E-state index in [1.165, 1.54) is 24.3 Å². The Labute approximate surface area is 102 Å².